The number of fused-ring (bicyclic) bond motifs is 1. The van der Waals surface area contributed by atoms with Crippen LogP contribution in [0.2, 0.25) is 5.02 Å². The molecule has 0 saturated carbocycles. The van der Waals surface area contributed by atoms with Gasteiger partial charge in [0.05, 0.1) is 0 Å². The van der Waals surface area contributed by atoms with E-state index < -0.39 is 11.8 Å². The van der Waals surface area contributed by atoms with Gasteiger partial charge in [-0.05, 0) is 58.9 Å². The van der Waals surface area contributed by atoms with Crippen LogP contribution in [0.4, 0.5) is 10.2 Å². The van der Waals surface area contributed by atoms with Crippen molar-refractivity contribution in [2.75, 3.05) is 5.32 Å². The lowest BCUT2D eigenvalue weighted by molar-refractivity contribution is 0.289. The Morgan fingerprint density at radius 1 is 0.860 bits per heavy atom. The summed E-state index contributed by atoms with van der Waals surface area (Å²) in [7, 11) is 0. The largest absolute Gasteiger partial charge is 0.487 e. The van der Waals surface area contributed by atoms with Crippen LogP contribution in [-0.4, -0.2) is 16.1 Å². The number of anilines is 1. The fourth-order valence-electron chi connectivity index (χ4n) is 5.91. The van der Waals surface area contributed by atoms with Crippen LogP contribution < -0.4 is 10.1 Å². The van der Waals surface area contributed by atoms with Crippen LogP contribution in [-0.2, 0) is 17.6 Å². The summed E-state index contributed by atoms with van der Waals surface area (Å²) in [6, 6.07) is 34.7. The molecule has 4 aromatic carbocycles. The van der Waals surface area contributed by atoms with Crippen LogP contribution in [0.3, 0.4) is 0 Å². The van der Waals surface area contributed by atoms with E-state index in [4.69, 9.17) is 21.4 Å². The molecule has 43 heavy (non-hydrogen) atoms. The number of nitrogens with one attached hydrogen (secondary N) is 1. The van der Waals surface area contributed by atoms with Crippen LogP contribution >= 0.6 is 11.6 Å². The Hall–Kier alpha value is -4.35. The van der Waals surface area contributed by atoms with E-state index in [0.29, 0.717) is 16.5 Å². The summed E-state index contributed by atoms with van der Waals surface area (Å²) in [5, 5.41) is 9.05. The molecular weight excluding hydrogens is 557 g/mol. The van der Waals surface area contributed by atoms with Crippen molar-refractivity contribution in [2.24, 2.45) is 0 Å². The van der Waals surface area contributed by atoms with Crippen molar-refractivity contribution in [3.63, 3.8) is 0 Å². The highest BCUT2D eigenvalue weighted by molar-refractivity contribution is 6.31. The molecule has 2 heterocycles. The van der Waals surface area contributed by atoms with Crippen molar-refractivity contribution in [1.29, 1.82) is 0 Å². The van der Waals surface area contributed by atoms with E-state index >= 15 is 4.39 Å². The monoisotopic (exact) mass is 591 g/mol. The molecule has 1 atom stereocenters. The molecule has 5 aromatic rings. The summed E-state index contributed by atoms with van der Waals surface area (Å²) >= 11 is 6.52. The summed E-state index contributed by atoms with van der Waals surface area (Å²) in [5.74, 6) is 1.35. The molecule has 1 unspecified atom stereocenters. The second kappa shape index (κ2) is 11.4. The van der Waals surface area contributed by atoms with Gasteiger partial charge < -0.3 is 10.1 Å². The average molecular weight is 592 g/mol. The number of hydrogen-bond acceptors (Lipinski definition) is 3. The van der Waals surface area contributed by atoms with Gasteiger partial charge in [-0.25, -0.2) is 9.07 Å². The molecule has 6 heteroatoms. The Labute approximate surface area is 257 Å². The number of aromatic nitrogens is 2. The fourth-order valence-corrected chi connectivity index (χ4v) is 6.07. The third-order valence-electron chi connectivity index (χ3n) is 8.03. The van der Waals surface area contributed by atoms with Crippen LogP contribution in [0.5, 0.6) is 5.75 Å². The second-order valence-corrected chi connectivity index (χ2v) is 12.4. The van der Waals surface area contributed by atoms with Gasteiger partial charge in [0.15, 0.2) is 6.30 Å². The first-order valence-corrected chi connectivity index (χ1v) is 14.9. The van der Waals surface area contributed by atoms with Crippen LogP contribution in [0.15, 0.2) is 109 Å². The molecule has 0 bridgehead atoms. The van der Waals surface area contributed by atoms with Gasteiger partial charge in [0.1, 0.15) is 29.4 Å². The van der Waals surface area contributed by atoms with Gasteiger partial charge in [-0.15, -0.1) is 0 Å². The van der Waals surface area contributed by atoms with Crippen LogP contribution in [0.1, 0.15) is 59.8 Å². The van der Waals surface area contributed by atoms with Crippen molar-refractivity contribution in [1.82, 2.24) is 9.78 Å². The maximum absolute atomic E-state index is 15.1. The van der Waals surface area contributed by atoms with Gasteiger partial charge in [0.25, 0.3) is 0 Å². The van der Waals surface area contributed by atoms with E-state index in [1.807, 2.05) is 84.4 Å². The standard InChI is InChI=1S/C37H35ClFN3O/c1-25-22-33(30(23-31(25)38)36(2,3)4)43-24-32-29-20-21-34(39)40-35(29)42(41-32)37(26-14-8-5-9-15-26,27-16-10-6-11-17-27)28-18-12-7-13-19-28/h5-23,34,40H,24H2,1-4H3. The molecule has 218 valence electrons. The smallest absolute Gasteiger partial charge is 0.190 e. The van der Waals surface area contributed by atoms with Gasteiger partial charge in [-0.1, -0.05) is 123 Å². The Morgan fingerprint density at radius 3 is 1.91 bits per heavy atom. The zero-order chi connectivity index (χ0) is 30.2. The molecule has 6 rings (SSSR count). The van der Waals surface area contributed by atoms with E-state index in [2.05, 4.69) is 62.5 Å². The zero-order valence-corrected chi connectivity index (χ0v) is 25.6. The van der Waals surface area contributed by atoms with Gasteiger partial charge >= 0.3 is 0 Å². The number of hydrogen-bond donors (Lipinski definition) is 1. The first kappa shape index (κ1) is 28.8. The topological polar surface area (TPSA) is 39.1 Å². The van der Waals surface area contributed by atoms with Crippen molar-refractivity contribution in [2.45, 2.75) is 51.6 Å². The summed E-state index contributed by atoms with van der Waals surface area (Å²) < 4.78 is 23.6. The Balaban J connectivity index is 1.58. The highest BCUT2D eigenvalue weighted by Gasteiger charge is 2.43. The maximum Gasteiger partial charge on any atom is 0.190 e. The third kappa shape index (κ3) is 5.23. The SMILES string of the molecule is Cc1cc(OCc2nn(C(c3ccccc3)(c3ccccc3)c3ccccc3)c3c2C=CC(F)N3)c(C(C)(C)C)cc1Cl. The maximum atomic E-state index is 15.1. The molecule has 0 fully saturated rings. The number of rotatable bonds is 7. The molecule has 0 aliphatic carbocycles. The molecular formula is C37H35ClFN3O. The molecule has 0 spiro atoms. The molecule has 0 radical (unpaired) electrons. The summed E-state index contributed by atoms with van der Waals surface area (Å²) in [5.41, 5.74) is 5.36. The number of alkyl halides is 1. The van der Waals surface area contributed by atoms with Gasteiger partial charge in [0.2, 0.25) is 0 Å². The molecule has 1 aromatic heterocycles. The quantitative estimate of drug-likeness (QED) is 0.151. The molecule has 0 saturated heterocycles. The Morgan fingerprint density at radius 2 is 1.40 bits per heavy atom. The summed E-state index contributed by atoms with van der Waals surface area (Å²) in [4.78, 5) is 0. The number of halogens is 2. The summed E-state index contributed by atoms with van der Waals surface area (Å²) in [6.45, 7) is 8.58. The minimum Gasteiger partial charge on any atom is -0.487 e. The van der Waals surface area contributed by atoms with E-state index in [-0.39, 0.29) is 12.0 Å². The third-order valence-corrected chi connectivity index (χ3v) is 8.44. The minimum atomic E-state index is -1.36. The lowest BCUT2D eigenvalue weighted by Crippen LogP contribution is -2.40. The van der Waals surface area contributed by atoms with Gasteiger partial charge in [0, 0.05) is 16.1 Å². The van der Waals surface area contributed by atoms with Crippen molar-refractivity contribution < 1.29 is 9.13 Å². The second-order valence-electron chi connectivity index (χ2n) is 12.0. The molecule has 1 aliphatic heterocycles. The fraction of sp³-hybridized carbons (Fsp3) is 0.216. The molecule has 1 aliphatic rings. The molecule has 1 N–H and O–H groups in total. The van der Waals surface area contributed by atoms with Gasteiger partial charge in [-0.3, -0.25) is 0 Å². The van der Waals surface area contributed by atoms with Crippen molar-refractivity contribution in [3.05, 3.63) is 153 Å². The van der Waals surface area contributed by atoms with E-state index in [1.54, 1.807) is 0 Å². The normalized spacial score (nSPS) is 14.7. The zero-order valence-electron chi connectivity index (χ0n) is 24.8. The number of nitrogens with zero attached hydrogens (tertiary/aromatic N) is 2. The molecule has 4 nitrogen and oxygen atoms in total. The Kier molecular flexibility index (Phi) is 7.61. The first-order valence-electron chi connectivity index (χ1n) is 14.5. The minimum absolute atomic E-state index is 0.183. The lowest BCUT2D eigenvalue weighted by Gasteiger charge is -2.38. The van der Waals surface area contributed by atoms with E-state index in [9.17, 15) is 0 Å². The number of benzene rings is 4. The van der Waals surface area contributed by atoms with E-state index in [1.165, 1.54) is 6.08 Å². The molecule has 0 amide bonds. The Bertz CT molecular complexity index is 1660. The number of ether oxygens (including phenoxy) is 1. The predicted octanol–water partition coefficient (Wildman–Crippen LogP) is 9.30. The van der Waals surface area contributed by atoms with E-state index in [0.717, 1.165) is 39.1 Å². The lowest BCUT2D eigenvalue weighted by atomic mass is 9.77. The van der Waals surface area contributed by atoms with Gasteiger partial charge in [-0.2, -0.15) is 5.10 Å². The average Bonchev–Trinajstić information content (AvgIpc) is 3.36. The van der Waals surface area contributed by atoms with Crippen LogP contribution in [0.25, 0.3) is 6.08 Å². The van der Waals surface area contributed by atoms with Crippen LogP contribution in [0, 0.1) is 6.92 Å². The van der Waals surface area contributed by atoms with Crippen molar-refractivity contribution >= 4 is 23.5 Å². The highest BCUT2D eigenvalue weighted by Crippen LogP contribution is 2.45. The predicted molar refractivity (Wildman–Crippen MR) is 174 cm³/mol. The number of aryl methyl sites for hydroxylation is 1. The highest BCUT2D eigenvalue weighted by atomic mass is 35.5. The summed E-state index contributed by atoms with van der Waals surface area (Å²) in [6.07, 6.45) is 1.96. The van der Waals surface area contributed by atoms with Crippen molar-refractivity contribution in [3.8, 4) is 5.75 Å². The first-order chi connectivity index (χ1) is 20.7.